The van der Waals surface area contributed by atoms with E-state index in [1.165, 1.54) is 0 Å². The summed E-state index contributed by atoms with van der Waals surface area (Å²) in [7, 11) is 0. The van der Waals surface area contributed by atoms with Crippen molar-refractivity contribution in [1.29, 1.82) is 0 Å². The van der Waals surface area contributed by atoms with Crippen LogP contribution in [-0.4, -0.2) is 43.7 Å². The molecule has 1 saturated heterocycles. The molecule has 1 aliphatic rings. The van der Waals surface area contributed by atoms with Gasteiger partial charge in [-0.15, -0.1) is 0 Å². The van der Waals surface area contributed by atoms with E-state index in [9.17, 15) is 4.79 Å². The van der Waals surface area contributed by atoms with Crippen molar-refractivity contribution in [2.24, 2.45) is 0 Å². The number of carbonyl (C=O) groups excluding carboxylic acids is 1. The van der Waals surface area contributed by atoms with Crippen LogP contribution in [0.1, 0.15) is 12.8 Å². The molecule has 0 saturated carbocycles. The Labute approximate surface area is 113 Å². The molecule has 1 heterocycles. The number of benzene rings is 1. The number of rotatable bonds is 4. The van der Waals surface area contributed by atoms with Crippen LogP contribution in [-0.2, 0) is 9.53 Å². The third-order valence-corrected chi connectivity index (χ3v) is 3.16. The van der Waals surface area contributed by atoms with Crippen LogP contribution in [0.4, 0.5) is 11.4 Å². The van der Waals surface area contributed by atoms with Crippen LogP contribution in [0.3, 0.4) is 0 Å². The SMILES string of the molecule is Nc1ccc(NC(=O)CCN2CCCOCC2)cc1. The van der Waals surface area contributed by atoms with E-state index in [2.05, 4.69) is 10.2 Å². The van der Waals surface area contributed by atoms with Crippen molar-refractivity contribution >= 4 is 17.3 Å². The van der Waals surface area contributed by atoms with Crippen molar-refractivity contribution in [3.8, 4) is 0 Å². The van der Waals surface area contributed by atoms with Gasteiger partial charge in [-0.3, -0.25) is 4.79 Å². The highest BCUT2D eigenvalue weighted by Crippen LogP contribution is 2.11. The largest absolute Gasteiger partial charge is 0.399 e. The van der Waals surface area contributed by atoms with Crippen LogP contribution >= 0.6 is 0 Å². The van der Waals surface area contributed by atoms with Crippen molar-refractivity contribution in [2.75, 3.05) is 43.9 Å². The van der Waals surface area contributed by atoms with E-state index in [0.29, 0.717) is 12.1 Å². The standard InChI is InChI=1S/C14H21N3O2/c15-12-2-4-13(5-3-12)16-14(18)6-8-17-7-1-10-19-11-9-17/h2-5H,1,6-11,15H2,(H,16,18). The van der Waals surface area contributed by atoms with Gasteiger partial charge in [-0.25, -0.2) is 0 Å². The average molecular weight is 263 g/mol. The summed E-state index contributed by atoms with van der Waals surface area (Å²) in [5.41, 5.74) is 7.08. The quantitative estimate of drug-likeness (QED) is 0.804. The first-order chi connectivity index (χ1) is 9.24. The van der Waals surface area contributed by atoms with E-state index < -0.39 is 0 Å². The summed E-state index contributed by atoms with van der Waals surface area (Å²) in [6.45, 7) is 4.29. The predicted molar refractivity (Wildman–Crippen MR) is 76.0 cm³/mol. The minimum atomic E-state index is 0.0370. The Morgan fingerprint density at radius 1 is 1.26 bits per heavy atom. The van der Waals surface area contributed by atoms with Crippen LogP contribution < -0.4 is 11.1 Å². The minimum absolute atomic E-state index is 0.0370. The molecule has 19 heavy (non-hydrogen) atoms. The number of nitrogens with zero attached hydrogens (tertiary/aromatic N) is 1. The number of nitrogen functional groups attached to an aromatic ring is 1. The molecule has 1 amide bonds. The summed E-state index contributed by atoms with van der Waals surface area (Å²) in [5, 5.41) is 2.87. The van der Waals surface area contributed by atoms with Gasteiger partial charge in [0.1, 0.15) is 0 Å². The summed E-state index contributed by atoms with van der Waals surface area (Å²) < 4.78 is 5.38. The van der Waals surface area contributed by atoms with Crippen molar-refractivity contribution < 1.29 is 9.53 Å². The van der Waals surface area contributed by atoms with Crippen LogP contribution in [0.15, 0.2) is 24.3 Å². The molecule has 3 N–H and O–H groups in total. The fourth-order valence-electron chi connectivity index (χ4n) is 2.07. The summed E-state index contributed by atoms with van der Waals surface area (Å²) in [6, 6.07) is 7.18. The highest BCUT2D eigenvalue weighted by molar-refractivity contribution is 5.90. The van der Waals surface area contributed by atoms with E-state index >= 15 is 0 Å². The first-order valence-corrected chi connectivity index (χ1v) is 6.69. The molecular weight excluding hydrogens is 242 g/mol. The lowest BCUT2D eigenvalue weighted by atomic mass is 10.2. The van der Waals surface area contributed by atoms with Gasteiger partial charge < -0.3 is 20.7 Å². The number of hydrogen-bond acceptors (Lipinski definition) is 4. The molecule has 104 valence electrons. The molecule has 2 rings (SSSR count). The lowest BCUT2D eigenvalue weighted by Gasteiger charge is -2.18. The monoisotopic (exact) mass is 263 g/mol. The van der Waals surface area contributed by atoms with E-state index in [1.54, 1.807) is 12.1 Å². The molecular formula is C14H21N3O2. The molecule has 1 fully saturated rings. The third kappa shape index (κ3) is 4.89. The number of hydrogen-bond donors (Lipinski definition) is 2. The Morgan fingerprint density at radius 3 is 2.84 bits per heavy atom. The summed E-state index contributed by atoms with van der Waals surface area (Å²) in [5.74, 6) is 0.0370. The van der Waals surface area contributed by atoms with Gasteiger partial charge in [0.2, 0.25) is 5.91 Å². The predicted octanol–water partition coefficient (Wildman–Crippen LogP) is 1.32. The summed E-state index contributed by atoms with van der Waals surface area (Å²) in [6.07, 6.45) is 1.55. The number of carbonyl (C=O) groups is 1. The second kappa shape index (κ2) is 7.11. The van der Waals surface area contributed by atoms with Crippen molar-refractivity contribution in [3.63, 3.8) is 0 Å². The number of nitrogens with two attached hydrogens (primary N) is 1. The molecule has 0 atom stereocenters. The smallest absolute Gasteiger partial charge is 0.225 e. The lowest BCUT2D eigenvalue weighted by molar-refractivity contribution is -0.116. The van der Waals surface area contributed by atoms with Gasteiger partial charge in [-0.1, -0.05) is 0 Å². The van der Waals surface area contributed by atoms with Gasteiger partial charge in [-0.2, -0.15) is 0 Å². The summed E-state index contributed by atoms with van der Waals surface area (Å²) >= 11 is 0. The molecule has 0 unspecified atom stereocenters. The fourth-order valence-corrected chi connectivity index (χ4v) is 2.07. The number of ether oxygens (including phenoxy) is 1. The Hall–Kier alpha value is -1.59. The van der Waals surface area contributed by atoms with E-state index in [0.717, 1.165) is 45.0 Å². The van der Waals surface area contributed by atoms with Crippen LogP contribution in [0.25, 0.3) is 0 Å². The van der Waals surface area contributed by atoms with Crippen LogP contribution in [0.2, 0.25) is 0 Å². The first-order valence-electron chi connectivity index (χ1n) is 6.69. The van der Waals surface area contributed by atoms with Gasteiger partial charge in [0.25, 0.3) is 0 Å². The van der Waals surface area contributed by atoms with Crippen molar-refractivity contribution in [1.82, 2.24) is 4.90 Å². The second-order valence-electron chi connectivity index (χ2n) is 4.73. The van der Waals surface area contributed by atoms with Gasteiger partial charge in [0.15, 0.2) is 0 Å². The third-order valence-electron chi connectivity index (χ3n) is 3.16. The number of amides is 1. The molecule has 1 aromatic rings. The average Bonchev–Trinajstić information content (AvgIpc) is 2.68. The topological polar surface area (TPSA) is 67.6 Å². The first kappa shape index (κ1) is 13.8. The Kier molecular flexibility index (Phi) is 5.18. The molecule has 0 bridgehead atoms. The zero-order valence-electron chi connectivity index (χ0n) is 11.1. The molecule has 0 radical (unpaired) electrons. The fraction of sp³-hybridized carbons (Fsp3) is 0.500. The normalized spacial score (nSPS) is 16.8. The Balaban J connectivity index is 1.73. The zero-order chi connectivity index (χ0) is 13.5. The second-order valence-corrected chi connectivity index (χ2v) is 4.73. The molecule has 0 aromatic heterocycles. The highest BCUT2D eigenvalue weighted by atomic mass is 16.5. The molecule has 5 nitrogen and oxygen atoms in total. The van der Waals surface area contributed by atoms with Crippen LogP contribution in [0.5, 0.6) is 0 Å². The van der Waals surface area contributed by atoms with Crippen molar-refractivity contribution in [3.05, 3.63) is 24.3 Å². The van der Waals surface area contributed by atoms with E-state index in [-0.39, 0.29) is 5.91 Å². The molecule has 0 aliphatic carbocycles. The Bertz CT molecular complexity index is 398. The van der Waals surface area contributed by atoms with E-state index in [4.69, 9.17) is 10.5 Å². The molecule has 0 spiro atoms. The maximum atomic E-state index is 11.8. The van der Waals surface area contributed by atoms with Gasteiger partial charge in [0, 0.05) is 44.0 Å². The highest BCUT2D eigenvalue weighted by Gasteiger charge is 2.11. The summed E-state index contributed by atoms with van der Waals surface area (Å²) in [4.78, 5) is 14.1. The molecule has 1 aromatic carbocycles. The van der Waals surface area contributed by atoms with Gasteiger partial charge in [-0.05, 0) is 30.7 Å². The maximum Gasteiger partial charge on any atom is 0.225 e. The van der Waals surface area contributed by atoms with E-state index in [1.807, 2.05) is 12.1 Å². The van der Waals surface area contributed by atoms with Gasteiger partial charge >= 0.3 is 0 Å². The molecule has 5 heteroatoms. The van der Waals surface area contributed by atoms with Gasteiger partial charge in [0.05, 0.1) is 6.61 Å². The maximum absolute atomic E-state index is 11.8. The van der Waals surface area contributed by atoms with Crippen molar-refractivity contribution in [2.45, 2.75) is 12.8 Å². The van der Waals surface area contributed by atoms with Crippen LogP contribution in [0, 0.1) is 0 Å². The number of nitrogens with one attached hydrogen (secondary N) is 1. The molecule has 1 aliphatic heterocycles. The lowest BCUT2D eigenvalue weighted by Crippen LogP contribution is -2.30. The Morgan fingerprint density at radius 2 is 2.05 bits per heavy atom. The number of anilines is 2. The minimum Gasteiger partial charge on any atom is -0.399 e. The zero-order valence-corrected chi connectivity index (χ0v) is 11.1.